The standard InChI is InChI=1S/C19H24N4O15P2S/c1-33-15-14(38-39(30)41)9(37-17(15)23-5-3-11(25)21-19(23)29)7-35-40(31,32)34-6-8-12(26)13(27)16(36-8)22-4-2-10(24)20-18(22)28/h2-5,8-9,12-17,26-27H,6-7H2,1H3,(H3-,20,21,24,25,28,29,30,31,32,41)/p+1/t8-,9?,12?,13?,14?,15?,16?,17?/m1/s1. The van der Waals surface area contributed by atoms with Gasteiger partial charge in [0.1, 0.15) is 42.8 Å². The molecule has 0 spiro atoms. The first kappa shape index (κ1) is 31.6. The van der Waals surface area contributed by atoms with Gasteiger partial charge in [-0.05, 0) is 4.57 Å². The maximum Gasteiger partial charge on any atom is 0.582 e. The van der Waals surface area contributed by atoms with E-state index in [-0.39, 0.29) is 0 Å². The molecule has 0 aromatic carbocycles. The quantitative estimate of drug-likeness (QED) is 0.111. The molecule has 0 radical (unpaired) electrons. The Morgan fingerprint density at radius 2 is 1.44 bits per heavy atom. The maximum atomic E-state index is 12.6. The lowest BCUT2D eigenvalue weighted by atomic mass is 10.1. The Balaban J connectivity index is 1.42. The van der Waals surface area contributed by atoms with Crippen molar-refractivity contribution >= 4 is 27.3 Å². The summed E-state index contributed by atoms with van der Waals surface area (Å²) in [5.41, 5.74) is -3.18. The third-order valence-corrected chi connectivity index (χ3v) is 7.82. The molecule has 4 rings (SSSR count). The summed E-state index contributed by atoms with van der Waals surface area (Å²) in [6.07, 6.45) is -8.91. The molecule has 2 aromatic rings. The maximum absolute atomic E-state index is 12.6. The van der Waals surface area contributed by atoms with Gasteiger partial charge in [0, 0.05) is 31.6 Å². The number of nitrogens with zero attached hydrogens (tertiary/aromatic N) is 2. The SMILES string of the molecule is COC1C(O[P+](=O)S)C(COP(=O)(O)OC[C@H]2OC(n3ccc(=O)[nH]c3=O)C(O)C2O)OC1n1ccc(=O)[nH]c1=O. The number of aliphatic hydroxyl groups is 2. The number of phosphoric ester groups is 1. The molecule has 10 atom stereocenters. The normalized spacial score (nSPS) is 31.7. The van der Waals surface area contributed by atoms with Gasteiger partial charge in [-0.15, -0.1) is 4.52 Å². The molecule has 2 saturated heterocycles. The van der Waals surface area contributed by atoms with Crippen LogP contribution in [0.3, 0.4) is 0 Å². The topological polar surface area (TPSA) is 260 Å². The van der Waals surface area contributed by atoms with Crippen LogP contribution < -0.4 is 22.5 Å². The summed E-state index contributed by atoms with van der Waals surface area (Å²) in [4.78, 5) is 61.2. The van der Waals surface area contributed by atoms with E-state index in [1.54, 1.807) is 0 Å². The van der Waals surface area contributed by atoms with Gasteiger partial charge in [0.25, 0.3) is 11.1 Å². The number of hydrogen-bond donors (Lipinski definition) is 6. The van der Waals surface area contributed by atoms with E-state index in [2.05, 4.69) is 12.2 Å². The van der Waals surface area contributed by atoms with Crippen molar-refractivity contribution in [3.8, 4) is 0 Å². The lowest BCUT2D eigenvalue weighted by molar-refractivity contribution is -0.0671. The first-order valence-corrected chi connectivity index (χ1v) is 15.4. The molecule has 0 amide bonds. The van der Waals surface area contributed by atoms with Crippen LogP contribution in [0.25, 0.3) is 0 Å². The minimum atomic E-state index is -4.92. The van der Waals surface area contributed by atoms with E-state index in [4.69, 9.17) is 27.8 Å². The summed E-state index contributed by atoms with van der Waals surface area (Å²) in [7, 11) is -6.24. The van der Waals surface area contributed by atoms with Crippen molar-refractivity contribution in [1.29, 1.82) is 0 Å². The van der Waals surface area contributed by atoms with Crippen molar-refractivity contribution in [2.75, 3.05) is 20.3 Å². The second kappa shape index (κ2) is 12.9. The van der Waals surface area contributed by atoms with E-state index in [1.807, 2.05) is 9.97 Å². The molecule has 22 heteroatoms. The number of thiol groups is 1. The number of hydrogen-bond acceptors (Lipinski definition) is 14. The Morgan fingerprint density at radius 1 is 0.927 bits per heavy atom. The molecule has 0 saturated carbocycles. The van der Waals surface area contributed by atoms with E-state index in [9.17, 15) is 43.4 Å². The zero-order valence-electron chi connectivity index (χ0n) is 20.8. The molecule has 0 aliphatic carbocycles. The predicted octanol–water partition coefficient (Wildman–Crippen LogP) is -2.28. The molecule has 2 aromatic heterocycles. The number of phosphoric acid groups is 1. The highest BCUT2D eigenvalue weighted by molar-refractivity contribution is 8.39. The van der Waals surface area contributed by atoms with Crippen LogP contribution in [0.15, 0.2) is 43.7 Å². The van der Waals surface area contributed by atoms with E-state index in [0.29, 0.717) is 0 Å². The molecule has 2 fully saturated rings. The molecule has 2 aliphatic heterocycles. The van der Waals surface area contributed by atoms with Gasteiger partial charge in [-0.2, -0.15) is 0 Å². The average molecular weight is 643 g/mol. The highest BCUT2D eigenvalue weighted by Gasteiger charge is 2.52. The molecule has 9 unspecified atom stereocenters. The van der Waals surface area contributed by atoms with Crippen LogP contribution in [0, 0.1) is 0 Å². The minimum Gasteiger partial charge on any atom is -0.387 e. The monoisotopic (exact) mass is 643 g/mol. The van der Waals surface area contributed by atoms with Crippen molar-refractivity contribution in [3.05, 3.63) is 66.2 Å². The van der Waals surface area contributed by atoms with Crippen LogP contribution in [0.1, 0.15) is 12.5 Å². The molecule has 5 N–H and O–H groups in total. The van der Waals surface area contributed by atoms with Gasteiger partial charge in [0.05, 0.1) is 13.2 Å². The smallest absolute Gasteiger partial charge is 0.387 e. The molecule has 19 nitrogen and oxygen atoms in total. The van der Waals surface area contributed by atoms with E-state index >= 15 is 0 Å². The average Bonchev–Trinajstić information content (AvgIpc) is 3.37. The third-order valence-electron chi connectivity index (χ3n) is 6.16. The second-order valence-corrected chi connectivity index (χ2v) is 11.8. The molecule has 226 valence electrons. The molecular formula is C19H25N4O15P2S+. The van der Waals surface area contributed by atoms with Crippen molar-refractivity contribution in [2.24, 2.45) is 0 Å². The van der Waals surface area contributed by atoms with Gasteiger partial charge in [0.15, 0.2) is 18.6 Å². The van der Waals surface area contributed by atoms with Gasteiger partial charge < -0.3 is 29.3 Å². The van der Waals surface area contributed by atoms with E-state index in [0.717, 1.165) is 33.7 Å². The Labute approximate surface area is 234 Å². The van der Waals surface area contributed by atoms with Gasteiger partial charge in [-0.1, -0.05) is 0 Å². The molecule has 4 heterocycles. The highest BCUT2D eigenvalue weighted by Crippen LogP contribution is 2.47. The summed E-state index contributed by atoms with van der Waals surface area (Å²) in [5, 5.41) is 20.6. The molecule has 0 bridgehead atoms. The first-order valence-electron chi connectivity index (χ1n) is 11.6. The van der Waals surface area contributed by atoms with E-state index in [1.165, 1.54) is 7.11 Å². The summed E-state index contributed by atoms with van der Waals surface area (Å²) in [6, 6.07) is 2.03. The molecular weight excluding hydrogens is 618 g/mol. The summed E-state index contributed by atoms with van der Waals surface area (Å²) < 4.78 is 57.7. The summed E-state index contributed by atoms with van der Waals surface area (Å²) in [6.45, 7) is -1.51. The van der Waals surface area contributed by atoms with E-state index < -0.39 is 99.8 Å². The van der Waals surface area contributed by atoms with Crippen molar-refractivity contribution in [1.82, 2.24) is 19.1 Å². The Kier molecular flexibility index (Phi) is 9.95. The third kappa shape index (κ3) is 7.19. The first-order chi connectivity index (χ1) is 19.3. The number of aliphatic hydroxyl groups excluding tert-OH is 2. The van der Waals surface area contributed by atoms with Gasteiger partial charge in [0.2, 0.25) is 0 Å². The number of aromatic nitrogens is 4. The number of methoxy groups -OCH3 is 1. The number of nitrogens with one attached hydrogen (secondary N) is 2. The number of ether oxygens (including phenoxy) is 3. The van der Waals surface area contributed by atoms with Gasteiger partial charge in [-0.25, -0.2) is 14.2 Å². The van der Waals surface area contributed by atoms with Crippen LogP contribution in [-0.4, -0.2) is 91.2 Å². The lowest BCUT2D eigenvalue weighted by Gasteiger charge is -2.20. The number of aromatic amines is 2. The van der Waals surface area contributed by atoms with Crippen molar-refractivity contribution in [3.63, 3.8) is 0 Å². The summed E-state index contributed by atoms with van der Waals surface area (Å²) >= 11 is 3.71. The highest BCUT2D eigenvalue weighted by atomic mass is 32.7. The second-order valence-electron chi connectivity index (χ2n) is 8.71. The fraction of sp³-hybridized carbons (Fsp3) is 0.579. The van der Waals surface area contributed by atoms with Crippen LogP contribution >= 0.6 is 27.3 Å². The Bertz CT molecular complexity index is 1540. The predicted molar refractivity (Wildman–Crippen MR) is 136 cm³/mol. The number of rotatable bonds is 11. The Morgan fingerprint density at radius 3 is 1.95 bits per heavy atom. The van der Waals surface area contributed by atoms with Crippen LogP contribution in [0.4, 0.5) is 0 Å². The Hall–Kier alpha value is -2.32. The lowest BCUT2D eigenvalue weighted by Crippen LogP contribution is -2.39. The fourth-order valence-electron chi connectivity index (χ4n) is 4.27. The number of H-pyrrole nitrogens is 2. The van der Waals surface area contributed by atoms with Crippen LogP contribution in [0.5, 0.6) is 0 Å². The summed E-state index contributed by atoms with van der Waals surface area (Å²) in [5.74, 6) is 0. The van der Waals surface area contributed by atoms with Crippen molar-refractivity contribution < 1.29 is 52.0 Å². The molecule has 41 heavy (non-hydrogen) atoms. The molecule has 2 aliphatic rings. The minimum absolute atomic E-state index is 0.677. The van der Waals surface area contributed by atoms with Crippen LogP contribution in [-0.2, 0) is 36.9 Å². The fourth-order valence-corrected chi connectivity index (χ4v) is 5.81. The van der Waals surface area contributed by atoms with Gasteiger partial charge >= 0.3 is 26.4 Å². The zero-order valence-corrected chi connectivity index (χ0v) is 23.5. The van der Waals surface area contributed by atoms with Crippen molar-refractivity contribution in [2.45, 2.75) is 49.1 Å². The van der Waals surface area contributed by atoms with Gasteiger partial charge in [-0.3, -0.25) is 37.7 Å². The largest absolute Gasteiger partial charge is 0.582 e. The zero-order chi connectivity index (χ0) is 30.1. The van der Waals surface area contributed by atoms with Crippen LogP contribution in [0.2, 0.25) is 0 Å².